The van der Waals surface area contributed by atoms with E-state index in [0.29, 0.717) is 0 Å². The smallest absolute Gasteiger partial charge is 0.0949 e. The van der Waals surface area contributed by atoms with Gasteiger partial charge in [0, 0.05) is 17.3 Å². The van der Waals surface area contributed by atoms with Gasteiger partial charge in [-0.2, -0.15) is 9.89 Å². The largest absolute Gasteiger partial charge is 0.323 e. The van der Waals surface area contributed by atoms with Crippen LogP contribution in [0.2, 0.25) is 0 Å². The molecule has 0 atom stereocenters. The van der Waals surface area contributed by atoms with Crippen LogP contribution in [-0.4, -0.2) is 14.9 Å². The second-order valence-electron chi connectivity index (χ2n) is 2.47. The average molecular weight is 148 g/mol. The van der Waals surface area contributed by atoms with E-state index < -0.39 is 0 Å². The van der Waals surface area contributed by atoms with E-state index in [9.17, 15) is 0 Å². The van der Waals surface area contributed by atoms with E-state index in [0.717, 1.165) is 16.6 Å². The molecule has 2 aromatic heterocycles. The Morgan fingerprint density at radius 1 is 1.45 bits per heavy atom. The van der Waals surface area contributed by atoms with Gasteiger partial charge in [-0.25, -0.2) is 0 Å². The van der Waals surface area contributed by atoms with Crippen LogP contribution in [0.25, 0.3) is 10.9 Å². The van der Waals surface area contributed by atoms with Gasteiger partial charge in [-0.1, -0.05) is 0 Å². The number of aromatic nitrogens is 3. The number of hydrogen-bond acceptors (Lipinski definition) is 3. The van der Waals surface area contributed by atoms with Gasteiger partial charge in [0.25, 0.3) is 0 Å². The van der Waals surface area contributed by atoms with Crippen LogP contribution in [0.15, 0.2) is 18.5 Å². The molecule has 0 aromatic carbocycles. The summed E-state index contributed by atoms with van der Waals surface area (Å²) in [6, 6.07) is 1.91. The quantitative estimate of drug-likeness (QED) is 0.552. The Hall–Kier alpha value is -1.58. The summed E-state index contributed by atoms with van der Waals surface area (Å²) in [5.41, 5.74) is 1.86. The van der Waals surface area contributed by atoms with E-state index in [2.05, 4.69) is 10.1 Å². The molecule has 0 amide bonds. The van der Waals surface area contributed by atoms with Crippen molar-refractivity contribution in [1.82, 2.24) is 14.9 Å². The Labute approximate surface area is 63.6 Å². The first-order chi connectivity index (χ1) is 5.27. The summed E-state index contributed by atoms with van der Waals surface area (Å²) < 4.78 is 0. The minimum Gasteiger partial charge on any atom is -0.323 e. The number of rotatable bonds is 0. The second kappa shape index (κ2) is 1.95. The Morgan fingerprint density at radius 3 is 3.09 bits per heavy atom. The lowest BCUT2D eigenvalue weighted by Gasteiger charge is -1.93. The van der Waals surface area contributed by atoms with E-state index in [1.54, 1.807) is 12.4 Å². The number of aryl methyl sites for hydroxylation is 1. The van der Waals surface area contributed by atoms with Crippen molar-refractivity contribution < 1.29 is 0 Å². The maximum absolute atomic E-state index is 5.52. The van der Waals surface area contributed by atoms with Crippen LogP contribution in [-0.2, 0) is 0 Å². The molecule has 0 saturated heterocycles. The van der Waals surface area contributed by atoms with Crippen LogP contribution in [0.5, 0.6) is 0 Å². The van der Waals surface area contributed by atoms with Crippen molar-refractivity contribution in [3.05, 3.63) is 24.2 Å². The molecule has 0 spiro atoms. The van der Waals surface area contributed by atoms with Gasteiger partial charge in [0.05, 0.1) is 11.7 Å². The predicted octanol–water partition coefficient (Wildman–Crippen LogP) is 0.454. The number of nitrogens with two attached hydrogens (primary N) is 1. The van der Waals surface area contributed by atoms with Crippen LogP contribution in [0, 0.1) is 6.92 Å². The highest BCUT2D eigenvalue weighted by Gasteiger charge is 1.98. The lowest BCUT2D eigenvalue weighted by Crippen LogP contribution is -2.08. The van der Waals surface area contributed by atoms with Crippen molar-refractivity contribution in [2.75, 3.05) is 5.84 Å². The van der Waals surface area contributed by atoms with Crippen molar-refractivity contribution >= 4 is 10.9 Å². The fourth-order valence-electron chi connectivity index (χ4n) is 1.04. The van der Waals surface area contributed by atoms with Crippen LogP contribution in [0.4, 0.5) is 0 Å². The lowest BCUT2D eigenvalue weighted by molar-refractivity contribution is 0.862. The van der Waals surface area contributed by atoms with E-state index in [4.69, 9.17) is 5.84 Å². The van der Waals surface area contributed by atoms with Crippen LogP contribution in [0.3, 0.4) is 0 Å². The summed E-state index contributed by atoms with van der Waals surface area (Å²) in [7, 11) is 0. The Kier molecular flexibility index (Phi) is 1.09. The molecule has 2 aromatic rings. The summed E-state index contributed by atoms with van der Waals surface area (Å²) in [4.78, 5) is 5.46. The molecule has 0 aliphatic rings. The topological polar surface area (TPSA) is 56.7 Å². The van der Waals surface area contributed by atoms with Crippen LogP contribution < -0.4 is 5.84 Å². The van der Waals surface area contributed by atoms with Gasteiger partial charge in [0.1, 0.15) is 0 Å². The van der Waals surface area contributed by atoms with Crippen molar-refractivity contribution in [3.63, 3.8) is 0 Å². The van der Waals surface area contributed by atoms with Gasteiger partial charge < -0.3 is 5.84 Å². The normalized spacial score (nSPS) is 10.6. The zero-order chi connectivity index (χ0) is 7.84. The molecule has 0 bridgehead atoms. The molecule has 4 heteroatoms. The average Bonchev–Trinajstić information content (AvgIpc) is 2.33. The third-order valence-electron chi connectivity index (χ3n) is 1.62. The minimum atomic E-state index is 0.914. The van der Waals surface area contributed by atoms with E-state index in [-0.39, 0.29) is 0 Å². The van der Waals surface area contributed by atoms with Crippen molar-refractivity contribution in [1.29, 1.82) is 0 Å². The molecule has 2 rings (SSSR count). The highest BCUT2D eigenvalue weighted by atomic mass is 15.5. The standard InChI is InChI=1S/C7H8N4/c1-5-2-7-6(3-9-5)4-10-11(7)8/h2-4H,8H2,1H3. The Morgan fingerprint density at radius 2 is 2.27 bits per heavy atom. The molecule has 0 aliphatic carbocycles. The van der Waals surface area contributed by atoms with E-state index in [1.807, 2.05) is 13.0 Å². The fourth-order valence-corrected chi connectivity index (χ4v) is 1.04. The number of pyridine rings is 1. The Bertz CT molecular complexity index is 390. The predicted molar refractivity (Wildman–Crippen MR) is 42.4 cm³/mol. The monoisotopic (exact) mass is 148 g/mol. The molecule has 0 aliphatic heterocycles. The highest BCUT2D eigenvalue weighted by molar-refractivity contribution is 5.77. The Balaban J connectivity index is 2.87. The lowest BCUT2D eigenvalue weighted by atomic mass is 10.3. The van der Waals surface area contributed by atoms with Gasteiger partial charge in [-0.15, -0.1) is 0 Å². The molecular formula is C7H8N4. The maximum atomic E-state index is 5.52. The molecule has 4 nitrogen and oxygen atoms in total. The summed E-state index contributed by atoms with van der Waals surface area (Å²) in [6.07, 6.45) is 3.46. The summed E-state index contributed by atoms with van der Waals surface area (Å²) >= 11 is 0. The third-order valence-corrected chi connectivity index (χ3v) is 1.62. The summed E-state index contributed by atoms with van der Waals surface area (Å²) in [5.74, 6) is 5.52. The van der Waals surface area contributed by atoms with Crippen molar-refractivity contribution in [2.24, 2.45) is 0 Å². The first kappa shape index (κ1) is 6.15. The van der Waals surface area contributed by atoms with E-state index >= 15 is 0 Å². The zero-order valence-electron chi connectivity index (χ0n) is 6.15. The molecule has 11 heavy (non-hydrogen) atoms. The number of nitrogens with zero attached hydrogens (tertiary/aromatic N) is 3. The molecule has 0 saturated carbocycles. The van der Waals surface area contributed by atoms with Crippen LogP contribution >= 0.6 is 0 Å². The van der Waals surface area contributed by atoms with Crippen LogP contribution in [0.1, 0.15) is 5.69 Å². The SMILES string of the molecule is Cc1cc2c(cn1)cnn2N. The zero-order valence-corrected chi connectivity index (χ0v) is 6.15. The van der Waals surface area contributed by atoms with Gasteiger partial charge in [0.2, 0.25) is 0 Å². The first-order valence-electron chi connectivity index (χ1n) is 3.33. The van der Waals surface area contributed by atoms with Gasteiger partial charge in [0.15, 0.2) is 0 Å². The highest BCUT2D eigenvalue weighted by Crippen LogP contribution is 2.10. The molecule has 56 valence electrons. The summed E-state index contributed by atoms with van der Waals surface area (Å²) in [5, 5.41) is 4.86. The number of nitrogen functional groups attached to an aromatic ring is 1. The van der Waals surface area contributed by atoms with Gasteiger partial charge in [-0.3, -0.25) is 4.98 Å². The molecule has 0 radical (unpaired) electrons. The molecule has 2 N–H and O–H groups in total. The van der Waals surface area contributed by atoms with E-state index in [1.165, 1.54) is 4.79 Å². The maximum Gasteiger partial charge on any atom is 0.0949 e. The van der Waals surface area contributed by atoms with Gasteiger partial charge in [-0.05, 0) is 13.0 Å². The third kappa shape index (κ3) is 0.832. The van der Waals surface area contributed by atoms with Crippen molar-refractivity contribution in [2.45, 2.75) is 6.92 Å². The molecule has 0 unspecified atom stereocenters. The van der Waals surface area contributed by atoms with Crippen molar-refractivity contribution in [3.8, 4) is 0 Å². The number of hydrogen-bond donors (Lipinski definition) is 1. The summed E-state index contributed by atoms with van der Waals surface area (Å²) in [6.45, 7) is 1.92. The second-order valence-corrected chi connectivity index (χ2v) is 2.47. The number of fused-ring (bicyclic) bond motifs is 1. The fraction of sp³-hybridized carbons (Fsp3) is 0.143. The molecule has 0 fully saturated rings. The molecule has 2 heterocycles. The van der Waals surface area contributed by atoms with Gasteiger partial charge >= 0.3 is 0 Å². The molecular weight excluding hydrogens is 140 g/mol. The first-order valence-corrected chi connectivity index (χ1v) is 3.33. The minimum absolute atomic E-state index is 0.914.